The van der Waals surface area contributed by atoms with E-state index in [4.69, 9.17) is 0 Å². The highest BCUT2D eigenvalue weighted by Gasteiger charge is 2.36. The van der Waals surface area contributed by atoms with E-state index in [9.17, 15) is 0 Å². The van der Waals surface area contributed by atoms with Gasteiger partial charge in [0, 0.05) is 0 Å². The van der Waals surface area contributed by atoms with Crippen LogP contribution in [0.25, 0.3) is 0 Å². The molecule has 1 aliphatic carbocycles. The van der Waals surface area contributed by atoms with E-state index in [0.29, 0.717) is 10.6 Å². The monoisotopic (exact) mass is 190 g/mol. The lowest BCUT2D eigenvalue weighted by atomic mass is 9.72. The zero-order valence-corrected chi connectivity index (χ0v) is 10.2. The number of hydrogen-bond acceptors (Lipinski definition) is 0. The van der Waals surface area contributed by atoms with Crippen LogP contribution in [0.1, 0.15) is 40.0 Å². The summed E-state index contributed by atoms with van der Waals surface area (Å²) in [5.41, 5.74) is 1.36. The number of rotatable bonds is 0. The predicted octanol–water partition coefficient (Wildman–Crippen LogP) is 3.07. The lowest BCUT2D eigenvalue weighted by Gasteiger charge is -2.43. The van der Waals surface area contributed by atoms with Gasteiger partial charge in [-0.25, -0.2) is 0 Å². The van der Waals surface area contributed by atoms with Crippen LogP contribution in [-0.2, 0) is 0 Å². The summed E-state index contributed by atoms with van der Waals surface area (Å²) in [7, 11) is 5.99. The van der Waals surface area contributed by atoms with Gasteiger partial charge >= 0.3 is 0 Å². The average Bonchev–Trinajstić information content (AvgIpc) is 1.49. The third-order valence-corrected chi connectivity index (χ3v) is 3.34. The van der Waals surface area contributed by atoms with Crippen molar-refractivity contribution in [2.24, 2.45) is 5.41 Å². The summed E-state index contributed by atoms with van der Waals surface area (Å²) in [6.45, 7) is 7.12. The molecule has 0 aromatic heterocycles. The molecule has 4 atom stereocenters. The maximum atomic E-state index is 3.02. The van der Waals surface area contributed by atoms with E-state index in [1.165, 1.54) is 19.3 Å². The first-order valence-corrected chi connectivity index (χ1v) is 5.60. The Kier molecular flexibility index (Phi) is 2.68. The van der Waals surface area contributed by atoms with Crippen molar-refractivity contribution in [1.29, 1.82) is 0 Å². The van der Waals surface area contributed by atoms with Gasteiger partial charge in [-0.1, -0.05) is 20.8 Å². The van der Waals surface area contributed by atoms with E-state index in [-0.39, 0.29) is 0 Å². The summed E-state index contributed by atoms with van der Waals surface area (Å²) in [4.78, 5) is 0. The molecule has 0 spiro atoms. The Morgan fingerprint density at radius 2 is 1.73 bits per heavy atom. The Bertz CT molecular complexity index is 134. The van der Waals surface area contributed by atoms with Crippen LogP contribution in [0.5, 0.6) is 0 Å². The maximum absolute atomic E-state index is 3.02. The molecule has 0 radical (unpaired) electrons. The van der Waals surface area contributed by atoms with Crippen LogP contribution < -0.4 is 0 Å². The standard InChI is InChI=1S/C9H20P2/c1-8(2)4-7(10)5-9(3,11)6-8/h7H,4-6,10-11H2,1-3H3. The fourth-order valence-electron chi connectivity index (χ4n) is 2.62. The van der Waals surface area contributed by atoms with E-state index in [0.717, 1.165) is 5.66 Å². The molecule has 0 aromatic rings. The molecule has 0 N–H and O–H groups in total. The Morgan fingerprint density at radius 1 is 1.18 bits per heavy atom. The first-order valence-electron chi connectivity index (χ1n) is 4.35. The summed E-state index contributed by atoms with van der Waals surface area (Å²) in [5.74, 6) is 0. The SMILES string of the molecule is CC1(C)CC(P)CC(C)(P)C1. The molecule has 0 nitrogen and oxygen atoms in total. The van der Waals surface area contributed by atoms with Gasteiger partial charge in [0.25, 0.3) is 0 Å². The molecule has 0 amide bonds. The molecule has 0 aliphatic heterocycles. The summed E-state index contributed by atoms with van der Waals surface area (Å²) in [5, 5.41) is 0.480. The van der Waals surface area contributed by atoms with E-state index in [1.54, 1.807) is 0 Å². The molecule has 11 heavy (non-hydrogen) atoms. The minimum absolute atomic E-state index is 0.480. The first-order chi connectivity index (χ1) is 4.81. The molecule has 1 fully saturated rings. The van der Waals surface area contributed by atoms with Gasteiger partial charge < -0.3 is 0 Å². The summed E-state index contributed by atoms with van der Waals surface area (Å²) >= 11 is 0. The fourth-order valence-corrected chi connectivity index (χ4v) is 4.92. The molecule has 4 unspecified atom stereocenters. The van der Waals surface area contributed by atoms with Crippen LogP contribution in [0.4, 0.5) is 0 Å². The molecular formula is C9H20P2. The largest absolute Gasteiger partial charge is 0.134 e. The Morgan fingerprint density at radius 3 is 2.09 bits per heavy atom. The quantitative estimate of drug-likeness (QED) is 0.515. The van der Waals surface area contributed by atoms with Gasteiger partial charge in [-0.2, -0.15) is 0 Å². The summed E-state index contributed by atoms with van der Waals surface area (Å²) in [6, 6.07) is 0. The second-order valence-electron chi connectivity index (χ2n) is 5.16. The molecule has 0 bridgehead atoms. The third-order valence-electron chi connectivity index (χ3n) is 2.43. The number of hydrogen-bond donors (Lipinski definition) is 0. The van der Waals surface area contributed by atoms with Gasteiger partial charge in [-0.05, 0) is 35.5 Å². The summed E-state index contributed by atoms with van der Waals surface area (Å²) < 4.78 is 0. The van der Waals surface area contributed by atoms with Crippen LogP contribution in [0.15, 0.2) is 0 Å². The van der Waals surface area contributed by atoms with Gasteiger partial charge in [0.15, 0.2) is 0 Å². The normalized spacial score (nSPS) is 43.9. The van der Waals surface area contributed by atoms with Crippen LogP contribution in [0, 0.1) is 5.41 Å². The molecule has 1 aliphatic rings. The molecule has 2 heteroatoms. The Balaban J connectivity index is 2.66. The second kappa shape index (κ2) is 2.97. The molecule has 0 heterocycles. The maximum Gasteiger partial charge on any atom is -0.0167 e. The van der Waals surface area contributed by atoms with Crippen LogP contribution >= 0.6 is 18.5 Å². The third kappa shape index (κ3) is 3.00. The Hall–Kier alpha value is 0.860. The van der Waals surface area contributed by atoms with Crippen molar-refractivity contribution in [2.45, 2.75) is 50.8 Å². The van der Waals surface area contributed by atoms with Crippen molar-refractivity contribution in [2.75, 3.05) is 0 Å². The fraction of sp³-hybridized carbons (Fsp3) is 1.00. The predicted molar refractivity (Wildman–Crippen MR) is 59.2 cm³/mol. The molecule has 1 rings (SSSR count). The highest BCUT2D eigenvalue weighted by atomic mass is 31.0. The highest BCUT2D eigenvalue weighted by Crippen LogP contribution is 2.47. The highest BCUT2D eigenvalue weighted by molar-refractivity contribution is 7.19. The molecule has 66 valence electrons. The molecular weight excluding hydrogens is 170 g/mol. The smallest absolute Gasteiger partial charge is 0.0167 e. The first kappa shape index (κ1) is 9.94. The zero-order chi connectivity index (χ0) is 8.70. The lowest BCUT2D eigenvalue weighted by Crippen LogP contribution is -2.36. The van der Waals surface area contributed by atoms with Gasteiger partial charge in [0.05, 0.1) is 0 Å². The van der Waals surface area contributed by atoms with Crippen LogP contribution in [0.3, 0.4) is 0 Å². The van der Waals surface area contributed by atoms with Gasteiger partial charge in [-0.15, -0.1) is 18.5 Å². The topological polar surface area (TPSA) is 0 Å². The van der Waals surface area contributed by atoms with Crippen molar-refractivity contribution < 1.29 is 0 Å². The van der Waals surface area contributed by atoms with Crippen LogP contribution in [0.2, 0.25) is 0 Å². The van der Waals surface area contributed by atoms with Crippen molar-refractivity contribution in [3.8, 4) is 0 Å². The van der Waals surface area contributed by atoms with Crippen molar-refractivity contribution in [1.82, 2.24) is 0 Å². The van der Waals surface area contributed by atoms with Crippen LogP contribution in [-0.4, -0.2) is 10.8 Å². The summed E-state index contributed by atoms with van der Waals surface area (Å²) in [6.07, 6.45) is 4.04. The lowest BCUT2D eigenvalue weighted by molar-refractivity contribution is 0.216. The van der Waals surface area contributed by atoms with Crippen molar-refractivity contribution in [3.05, 3.63) is 0 Å². The van der Waals surface area contributed by atoms with Crippen molar-refractivity contribution in [3.63, 3.8) is 0 Å². The molecule has 0 saturated heterocycles. The van der Waals surface area contributed by atoms with Gasteiger partial charge in [-0.3, -0.25) is 0 Å². The molecule has 0 aromatic carbocycles. The van der Waals surface area contributed by atoms with E-state index >= 15 is 0 Å². The zero-order valence-electron chi connectivity index (χ0n) is 7.85. The Labute approximate surface area is 75.3 Å². The average molecular weight is 190 g/mol. The van der Waals surface area contributed by atoms with Gasteiger partial charge in [0.2, 0.25) is 0 Å². The molecule has 1 saturated carbocycles. The minimum Gasteiger partial charge on any atom is -0.134 e. The van der Waals surface area contributed by atoms with E-state index < -0.39 is 0 Å². The second-order valence-corrected chi connectivity index (χ2v) is 7.50. The van der Waals surface area contributed by atoms with Gasteiger partial charge in [0.1, 0.15) is 0 Å². The van der Waals surface area contributed by atoms with E-state index in [2.05, 4.69) is 39.3 Å². The minimum atomic E-state index is 0.480. The van der Waals surface area contributed by atoms with Crippen molar-refractivity contribution >= 4 is 18.5 Å². The van der Waals surface area contributed by atoms with E-state index in [1.807, 2.05) is 0 Å².